The first-order chi connectivity index (χ1) is 24.7. The molecular formula is C34H36N9O6S2+. The Balaban J connectivity index is 1.05. The van der Waals surface area contributed by atoms with Gasteiger partial charge in [-0.1, -0.05) is 23.7 Å². The molecule has 15 nitrogen and oxygen atoms in total. The second kappa shape index (κ2) is 14.5. The number of oxime groups is 1. The average Bonchev–Trinajstić information content (AvgIpc) is 3.76. The molecular weight excluding hydrogens is 695 g/mol. The fraction of sp³-hybridized carbons (Fsp3) is 0.324. The van der Waals surface area contributed by atoms with Crippen LogP contribution in [0.3, 0.4) is 0 Å². The van der Waals surface area contributed by atoms with Crippen LogP contribution in [0.25, 0.3) is 11.0 Å². The average molecular weight is 731 g/mol. The van der Waals surface area contributed by atoms with Crippen molar-refractivity contribution in [1.29, 1.82) is 0 Å². The van der Waals surface area contributed by atoms with Crippen molar-refractivity contribution >= 4 is 68.7 Å². The van der Waals surface area contributed by atoms with E-state index in [1.54, 1.807) is 5.38 Å². The number of piperidine rings is 1. The van der Waals surface area contributed by atoms with E-state index in [-0.39, 0.29) is 34.7 Å². The van der Waals surface area contributed by atoms with Gasteiger partial charge in [0.05, 0.1) is 0 Å². The van der Waals surface area contributed by atoms with E-state index in [1.165, 1.54) is 30.2 Å². The number of nitrogens with zero attached hydrogens (tertiary/aromatic N) is 6. The van der Waals surface area contributed by atoms with Crippen molar-refractivity contribution in [2.24, 2.45) is 5.16 Å². The number of nitrogens with two attached hydrogens (primary N) is 1. The summed E-state index contributed by atoms with van der Waals surface area (Å²) in [5.41, 5.74) is 12.7. The second-order valence-electron chi connectivity index (χ2n) is 12.3. The van der Waals surface area contributed by atoms with Crippen molar-refractivity contribution in [2.75, 3.05) is 31.7 Å². The van der Waals surface area contributed by atoms with E-state index in [4.69, 9.17) is 10.6 Å². The molecule has 2 fully saturated rings. The summed E-state index contributed by atoms with van der Waals surface area (Å²) in [5.74, 6) is -2.21. The molecule has 1 aromatic carbocycles. The molecule has 51 heavy (non-hydrogen) atoms. The number of hydrazine groups is 1. The number of hydrogen-bond donors (Lipinski definition) is 4. The topological polar surface area (TPSA) is 188 Å². The van der Waals surface area contributed by atoms with Crippen LogP contribution in [0.1, 0.15) is 40.9 Å². The lowest BCUT2D eigenvalue weighted by atomic mass is 10.0. The minimum atomic E-state index is -1.22. The highest BCUT2D eigenvalue weighted by Gasteiger charge is 2.55. The highest BCUT2D eigenvalue weighted by atomic mass is 32.2. The number of nitrogen functional groups attached to an aromatic ring is 1. The van der Waals surface area contributed by atoms with Gasteiger partial charge in [0.2, 0.25) is 5.52 Å². The van der Waals surface area contributed by atoms with Crippen molar-refractivity contribution in [3.05, 3.63) is 88.3 Å². The Hall–Kier alpha value is -5.26. The number of nitrogens with one attached hydrogen (secondary N) is 2. The molecule has 6 heterocycles. The predicted molar refractivity (Wildman–Crippen MR) is 190 cm³/mol. The van der Waals surface area contributed by atoms with Crippen molar-refractivity contribution in [1.82, 2.24) is 30.2 Å². The van der Waals surface area contributed by atoms with Gasteiger partial charge in [0.15, 0.2) is 23.6 Å². The molecule has 5 N–H and O–H groups in total. The van der Waals surface area contributed by atoms with Crippen LogP contribution in [-0.4, -0.2) is 91.3 Å². The first kappa shape index (κ1) is 34.2. The van der Waals surface area contributed by atoms with Gasteiger partial charge in [0, 0.05) is 60.2 Å². The Labute approximate surface area is 300 Å². The van der Waals surface area contributed by atoms with Crippen LogP contribution in [-0.2, 0) is 32.3 Å². The highest BCUT2D eigenvalue weighted by Crippen LogP contribution is 2.40. The summed E-state index contributed by atoms with van der Waals surface area (Å²) in [6.45, 7) is 2.56. The molecule has 0 unspecified atom stereocenters. The third-order valence-corrected chi connectivity index (χ3v) is 11.1. The van der Waals surface area contributed by atoms with E-state index in [0.29, 0.717) is 23.4 Å². The van der Waals surface area contributed by atoms with E-state index >= 15 is 0 Å². The number of hydrogen-bond acceptors (Lipinski definition) is 11. The zero-order valence-electron chi connectivity index (χ0n) is 27.7. The minimum Gasteiger partial charge on any atom is -0.477 e. The maximum atomic E-state index is 13.4. The molecule has 0 bridgehead atoms. The van der Waals surface area contributed by atoms with Crippen molar-refractivity contribution in [3.63, 3.8) is 0 Å². The Bertz CT molecular complexity index is 2070. The smallest absolute Gasteiger partial charge is 0.352 e. The van der Waals surface area contributed by atoms with E-state index < -0.39 is 29.2 Å². The van der Waals surface area contributed by atoms with Gasteiger partial charge in [0.25, 0.3) is 17.7 Å². The van der Waals surface area contributed by atoms with Gasteiger partial charge in [-0.2, -0.15) is 4.57 Å². The number of benzene rings is 1. The number of thiazole rings is 1. The molecule has 3 aromatic heterocycles. The zero-order chi connectivity index (χ0) is 35.6. The lowest BCUT2D eigenvalue weighted by Crippen LogP contribution is -2.71. The summed E-state index contributed by atoms with van der Waals surface area (Å²) >= 11 is 2.51. The maximum Gasteiger partial charge on any atom is 0.352 e. The van der Waals surface area contributed by atoms with E-state index in [9.17, 15) is 24.3 Å². The number of carboxylic acids is 1. The molecule has 3 aliphatic heterocycles. The van der Waals surface area contributed by atoms with Gasteiger partial charge >= 0.3 is 5.97 Å². The number of carbonyl (C=O) groups is 4. The first-order valence-electron chi connectivity index (χ1n) is 16.4. The SMILES string of the molecule is CO/N=C(\C(=O)N[C@@H]1C(=O)N2C(C(=O)O)=C(C[n+]3cccc4c3ccn4Cc3ccc(C(=O)NN4CCCCC4)cc3)CS[C@H]12)c1csc(N)n1. The molecule has 3 amide bonds. The van der Waals surface area contributed by atoms with Crippen molar-refractivity contribution in [3.8, 4) is 0 Å². The molecule has 2 atom stereocenters. The molecule has 0 saturated carbocycles. The summed E-state index contributed by atoms with van der Waals surface area (Å²) in [4.78, 5) is 61.9. The van der Waals surface area contributed by atoms with Gasteiger partial charge in [-0.15, -0.1) is 23.1 Å². The number of aromatic nitrogens is 3. The Morgan fingerprint density at radius 1 is 1.14 bits per heavy atom. The molecule has 0 aliphatic carbocycles. The number of pyridine rings is 1. The third kappa shape index (κ3) is 6.91. The fourth-order valence-corrected chi connectivity index (χ4v) is 8.46. The fourth-order valence-electron chi connectivity index (χ4n) is 6.58. The molecule has 264 valence electrons. The standard InChI is InChI=1S/C34H35N9O6S2/c1-49-39-26(23-19-51-34(35)36-23)30(45)37-27-31(46)43-28(33(47)48)22(18-50-32(27)43)17-40-12-5-6-24-25(40)11-15-41(24)16-20-7-9-21(10-8-20)29(44)38-42-13-3-2-4-14-42/h5-12,15,19,27,32H,2-4,13-14,16-18H2,1H3,(H4-,35,36,37,38,44,45,47,48)/p+1/b39-26-/t27-,32-/m1/s1. The molecule has 7 rings (SSSR count). The number of thioether (sulfide) groups is 1. The Morgan fingerprint density at radius 3 is 2.63 bits per heavy atom. The maximum absolute atomic E-state index is 13.4. The zero-order valence-corrected chi connectivity index (χ0v) is 29.3. The second-order valence-corrected chi connectivity index (χ2v) is 14.3. The van der Waals surface area contributed by atoms with Gasteiger partial charge in [-0.3, -0.25) is 24.7 Å². The van der Waals surface area contributed by atoms with Gasteiger partial charge < -0.3 is 25.6 Å². The lowest BCUT2D eigenvalue weighted by Gasteiger charge is -2.49. The van der Waals surface area contributed by atoms with Gasteiger partial charge in [0.1, 0.15) is 35.4 Å². The number of carbonyl (C=O) groups excluding carboxylic acids is 3. The molecule has 2 saturated heterocycles. The van der Waals surface area contributed by atoms with E-state index in [0.717, 1.165) is 53.9 Å². The van der Waals surface area contributed by atoms with Crippen molar-refractivity contribution in [2.45, 2.75) is 43.8 Å². The summed E-state index contributed by atoms with van der Waals surface area (Å²) < 4.78 is 4.07. The van der Waals surface area contributed by atoms with Crippen LogP contribution in [0.2, 0.25) is 0 Å². The minimum absolute atomic E-state index is 0.0827. The van der Waals surface area contributed by atoms with E-state index in [1.807, 2.05) is 64.4 Å². The Morgan fingerprint density at radius 2 is 1.92 bits per heavy atom. The van der Waals surface area contributed by atoms with Crippen LogP contribution in [0.15, 0.2) is 76.7 Å². The molecule has 0 spiro atoms. The van der Waals surface area contributed by atoms with Crippen LogP contribution < -0.4 is 21.0 Å². The van der Waals surface area contributed by atoms with Gasteiger partial charge in [-0.25, -0.2) is 14.8 Å². The number of carboxylic acid groups (broad SMARTS) is 1. The van der Waals surface area contributed by atoms with Gasteiger partial charge in [-0.05, 0) is 36.6 Å². The Kier molecular flexibility index (Phi) is 9.75. The number of fused-ring (bicyclic) bond motifs is 2. The van der Waals surface area contributed by atoms with Crippen LogP contribution in [0.4, 0.5) is 5.13 Å². The van der Waals surface area contributed by atoms with Crippen LogP contribution in [0, 0.1) is 0 Å². The molecule has 4 aromatic rings. The first-order valence-corrected chi connectivity index (χ1v) is 18.3. The summed E-state index contributed by atoms with van der Waals surface area (Å²) in [5, 5.41) is 19.9. The quantitative estimate of drug-likeness (QED) is 0.0769. The van der Waals surface area contributed by atoms with Crippen LogP contribution in [0.5, 0.6) is 0 Å². The number of aliphatic carboxylic acids is 1. The normalized spacial score (nSPS) is 19.4. The highest BCUT2D eigenvalue weighted by molar-refractivity contribution is 8.00. The summed E-state index contributed by atoms with van der Waals surface area (Å²) in [6.07, 6.45) is 7.22. The summed E-state index contributed by atoms with van der Waals surface area (Å²) in [6, 6.07) is 12.5. The third-order valence-electron chi connectivity index (χ3n) is 9.06. The van der Waals surface area contributed by atoms with Crippen LogP contribution >= 0.6 is 23.1 Å². The largest absolute Gasteiger partial charge is 0.477 e. The lowest BCUT2D eigenvalue weighted by molar-refractivity contribution is -0.663. The van der Waals surface area contributed by atoms with E-state index in [2.05, 4.69) is 25.4 Å². The monoisotopic (exact) mass is 730 g/mol. The summed E-state index contributed by atoms with van der Waals surface area (Å²) in [7, 11) is 1.28. The number of amides is 3. The molecule has 17 heteroatoms. The van der Waals surface area contributed by atoms with Crippen molar-refractivity contribution < 1.29 is 33.7 Å². The number of anilines is 1. The molecule has 0 radical (unpaired) electrons. The number of rotatable bonds is 11. The molecule has 3 aliphatic rings. The number of β-lactam (4-membered cyclic amide) rings is 1. The predicted octanol–water partition coefficient (Wildman–Crippen LogP) is 1.94.